The largest absolute Gasteiger partial charge is 0.493 e. The molecule has 0 spiro atoms. The molecule has 0 saturated heterocycles. The van der Waals surface area contributed by atoms with Crippen LogP contribution in [0.2, 0.25) is 0 Å². The average molecular weight is 287 g/mol. The smallest absolute Gasteiger partial charge is 0.256 e. The summed E-state index contributed by atoms with van der Waals surface area (Å²) in [6.07, 6.45) is 0. The number of nitrogens with zero attached hydrogens (tertiary/aromatic N) is 1. The Balaban J connectivity index is 2.21. The SMILES string of the molecule is COc1ccc(C(=O)Nc2ccc(N)c(C)n2)cc1OC. The lowest BCUT2D eigenvalue weighted by molar-refractivity contribution is 0.102. The third-order valence-corrected chi connectivity index (χ3v) is 3.01. The lowest BCUT2D eigenvalue weighted by Crippen LogP contribution is -2.13. The minimum atomic E-state index is -0.285. The zero-order valence-corrected chi connectivity index (χ0v) is 12.1. The van der Waals surface area contributed by atoms with Gasteiger partial charge in [0.25, 0.3) is 5.91 Å². The van der Waals surface area contributed by atoms with Gasteiger partial charge in [0.15, 0.2) is 11.5 Å². The normalized spacial score (nSPS) is 10.0. The Hall–Kier alpha value is -2.76. The van der Waals surface area contributed by atoms with Crippen LogP contribution in [0.5, 0.6) is 11.5 Å². The number of anilines is 2. The summed E-state index contributed by atoms with van der Waals surface area (Å²) >= 11 is 0. The van der Waals surface area contributed by atoms with E-state index in [-0.39, 0.29) is 5.91 Å². The monoisotopic (exact) mass is 287 g/mol. The van der Waals surface area contributed by atoms with E-state index in [2.05, 4.69) is 10.3 Å². The fourth-order valence-electron chi connectivity index (χ4n) is 1.81. The van der Waals surface area contributed by atoms with E-state index < -0.39 is 0 Å². The number of hydrogen-bond acceptors (Lipinski definition) is 5. The van der Waals surface area contributed by atoms with Gasteiger partial charge in [0, 0.05) is 5.56 Å². The number of nitrogens with two attached hydrogens (primary N) is 1. The molecule has 1 aromatic heterocycles. The maximum absolute atomic E-state index is 12.2. The van der Waals surface area contributed by atoms with Gasteiger partial charge in [-0.15, -0.1) is 0 Å². The summed E-state index contributed by atoms with van der Waals surface area (Å²) in [4.78, 5) is 16.4. The Morgan fingerprint density at radius 2 is 1.86 bits per heavy atom. The van der Waals surface area contributed by atoms with Gasteiger partial charge in [-0.3, -0.25) is 4.79 Å². The number of rotatable bonds is 4. The summed E-state index contributed by atoms with van der Waals surface area (Å²) < 4.78 is 10.3. The van der Waals surface area contributed by atoms with Crippen molar-refractivity contribution >= 4 is 17.4 Å². The molecule has 2 aromatic rings. The number of hydrogen-bond donors (Lipinski definition) is 2. The number of carbonyl (C=O) groups is 1. The molecule has 0 radical (unpaired) electrons. The van der Waals surface area contributed by atoms with Crippen LogP contribution < -0.4 is 20.5 Å². The van der Waals surface area contributed by atoms with Crippen molar-refractivity contribution in [3.05, 3.63) is 41.6 Å². The number of nitrogens with one attached hydrogen (secondary N) is 1. The summed E-state index contributed by atoms with van der Waals surface area (Å²) in [5.74, 6) is 1.22. The predicted molar refractivity (Wildman–Crippen MR) is 80.9 cm³/mol. The molecule has 1 heterocycles. The molecule has 0 atom stereocenters. The number of nitrogen functional groups attached to an aromatic ring is 1. The highest BCUT2D eigenvalue weighted by atomic mass is 16.5. The molecule has 0 unspecified atom stereocenters. The van der Waals surface area contributed by atoms with Crippen molar-refractivity contribution in [1.82, 2.24) is 4.98 Å². The van der Waals surface area contributed by atoms with Crippen molar-refractivity contribution in [3.8, 4) is 11.5 Å². The summed E-state index contributed by atoms with van der Waals surface area (Å²) in [6, 6.07) is 8.29. The lowest BCUT2D eigenvalue weighted by atomic mass is 10.2. The highest BCUT2D eigenvalue weighted by Gasteiger charge is 2.11. The molecule has 110 valence electrons. The van der Waals surface area contributed by atoms with Crippen LogP contribution in [-0.2, 0) is 0 Å². The van der Waals surface area contributed by atoms with E-state index in [1.165, 1.54) is 7.11 Å². The van der Waals surface area contributed by atoms with Crippen LogP contribution in [0.4, 0.5) is 11.5 Å². The number of methoxy groups -OCH3 is 2. The molecule has 0 aliphatic rings. The molecule has 2 rings (SSSR count). The summed E-state index contributed by atoms with van der Waals surface area (Å²) in [5.41, 5.74) is 7.39. The molecule has 6 nitrogen and oxygen atoms in total. The van der Waals surface area contributed by atoms with Crippen LogP contribution in [-0.4, -0.2) is 25.1 Å². The zero-order valence-electron chi connectivity index (χ0n) is 12.1. The van der Waals surface area contributed by atoms with Crippen molar-refractivity contribution in [2.75, 3.05) is 25.3 Å². The minimum absolute atomic E-state index is 0.285. The summed E-state index contributed by atoms with van der Waals surface area (Å²) in [5, 5.41) is 2.71. The van der Waals surface area contributed by atoms with Gasteiger partial charge in [-0.2, -0.15) is 0 Å². The van der Waals surface area contributed by atoms with Crippen molar-refractivity contribution in [2.45, 2.75) is 6.92 Å². The quantitative estimate of drug-likeness (QED) is 0.900. The summed E-state index contributed by atoms with van der Waals surface area (Å²) in [6.45, 7) is 1.78. The van der Waals surface area contributed by atoms with E-state index in [1.807, 2.05) is 0 Å². The molecule has 0 fully saturated rings. The molecule has 0 aliphatic heterocycles. The molecule has 0 aliphatic carbocycles. The van der Waals surface area contributed by atoms with Crippen molar-refractivity contribution in [1.29, 1.82) is 0 Å². The maximum atomic E-state index is 12.2. The molecule has 21 heavy (non-hydrogen) atoms. The number of aromatic nitrogens is 1. The third kappa shape index (κ3) is 3.22. The molecule has 1 aromatic carbocycles. The van der Waals surface area contributed by atoms with Crippen LogP contribution in [0.15, 0.2) is 30.3 Å². The van der Waals surface area contributed by atoms with Crippen LogP contribution in [0.1, 0.15) is 16.1 Å². The third-order valence-electron chi connectivity index (χ3n) is 3.01. The van der Waals surface area contributed by atoms with Gasteiger partial charge in [-0.05, 0) is 37.3 Å². The van der Waals surface area contributed by atoms with E-state index in [9.17, 15) is 4.79 Å². The van der Waals surface area contributed by atoms with Crippen LogP contribution >= 0.6 is 0 Å². The standard InChI is InChI=1S/C15H17N3O3/c1-9-11(16)5-7-14(17-9)18-15(19)10-4-6-12(20-2)13(8-10)21-3/h4-8H,16H2,1-3H3,(H,17,18,19). The molecule has 0 bridgehead atoms. The number of benzene rings is 1. The van der Waals surface area contributed by atoms with Gasteiger partial charge < -0.3 is 20.5 Å². The maximum Gasteiger partial charge on any atom is 0.256 e. The van der Waals surface area contributed by atoms with E-state index in [1.54, 1.807) is 44.4 Å². The first-order chi connectivity index (χ1) is 10.0. The zero-order chi connectivity index (χ0) is 15.4. The molecule has 0 saturated carbocycles. The Morgan fingerprint density at radius 1 is 1.14 bits per heavy atom. The molecular weight excluding hydrogens is 270 g/mol. The fourth-order valence-corrected chi connectivity index (χ4v) is 1.81. The van der Waals surface area contributed by atoms with Gasteiger partial charge in [0.05, 0.1) is 25.6 Å². The first-order valence-electron chi connectivity index (χ1n) is 6.31. The Kier molecular flexibility index (Phi) is 4.27. The first kappa shape index (κ1) is 14.6. The van der Waals surface area contributed by atoms with Crippen molar-refractivity contribution < 1.29 is 14.3 Å². The second kappa shape index (κ2) is 6.13. The van der Waals surface area contributed by atoms with Crippen LogP contribution in [0, 0.1) is 6.92 Å². The number of pyridine rings is 1. The number of carbonyl (C=O) groups excluding carboxylic acids is 1. The van der Waals surface area contributed by atoms with E-state index in [0.717, 1.165) is 0 Å². The molecule has 3 N–H and O–H groups in total. The van der Waals surface area contributed by atoms with Gasteiger partial charge in [-0.25, -0.2) is 4.98 Å². The highest BCUT2D eigenvalue weighted by molar-refractivity contribution is 6.04. The second-order valence-electron chi connectivity index (χ2n) is 4.40. The minimum Gasteiger partial charge on any atom is -0.493 e. The van der Waals surface area contributed by atoms with Crippen molar-refractivity contribution in [2.24, 2.45) is 0 Å². The van der Waals surface area contributed by atoms with Crippen LogP contribution in [0.3, 0.4) is 0 Å². The Morgan fingerprint density at radius 3 is 2.48 bits per heavy atom. The molecular formula is C15H17N3O3. The van der Waals surface area contributed by atoms with E-state index >= 15 is 0 Å². The predicted octanol–water partition coefficient (Wildman–Crippen LogP) is 2.24. The van der Waals surface area contributed by atoms with Crippen molar-refractivity contribution in [3.63, 3.8) is 0 Å². The highest BCUT2D eigenvalue weighted by Crippen LogP contribution is 2.27. The fraction of sp³-hybridized carbons (Fsp3) is 0.200. The Bertz CT molecular complexity index is 671. The number of aryl methyl sites for hydroxylation is 1. The van der Waals surface area contributed by atoms with E-state index in [4.69, 9.17) is 15.2 Å². The lowest BCUT2D eigenvalue weighted by Gasteiger charge is -2.10. The number of amides is 1. The second-order valence-corrected chi connectivity index (χ2v) is 4.40. The summed E-state index contributed by atoms with van der Waals surface area (Å²) in [7, 11) is 3.06. The van der Waals surface area contributed by atoms with Gasteiger partial charge in [0.2, 0.25) is 0 Å². The van der Waals surface area contributed by atoms with Gasteiger partial charge >= 0.3 is 0 Å². The molecule has 6 heteroatoms. The van der Waals surface area contributed by atoms with Gasteiger partial charge in [-0.1, -0.05) is 0 Å². The first-order valence-corrected chi connectivity index (χ1v) is 6.31. The molecule has 1 amide bonds. The van der Waals surface area contributed by atoms with Crippen LogP contribution in [0.25, 0.3) is 0 Å². The Labute approximate surface area is 122 Å². The average Bonchev–Trinajstić information content (AvgIpc) is 2.50. The van der Waals surface area contributed by atoms with E-state index in [0.29, 0.717) is 34.3 Å². The number of ether oxygens (including phenoxy) is 2. The topological polar surface area (TPSA) is 86.5 Å². The van der Waals surface area contributed by atoms with Gasteiger partial charge in [0.1, 0.15) is 5.82 Å².